The Kier molecular flexibility index (Phi) is 5.82. The van der Waals surface area contributed by atoms with Crippen molar-refractivity contribution in [3.8, 4) is 0 Å². The van der Waals surface area contributed by atoms with E-state index in [2.05, 4.69) is 34.6 Å². The van der Waals surface area contributed by atoms with Crippen LogP contribution in [0.1, 0.15) is 98.8 Å². The maximum absolute atomic E-state index is 12.1. The molecule has 0 aliphatic heterocycles. The number of hydrogen-bond donors (Lipinski definition) is 1. The topological polar surface area (TPSA) is 37.3 Å². The normalized spacial score (nSPS) is 45.4. The van der Waals surface area contributed by atoms with Gasteiger partial charge in [0.2, 0.25) is 0 Å². The number of ketones is 1. The molecule has 3 saturated carbocycles. The summed E-state index contributed by atoms with van der Waals surface area (Å²) in [6.07, 6.45) is 13.7. The molecule has 164 valence electrons. The Labute approximate surface area is 178 Å². The first-order valence-electron chi connectivity index (χ1n) is 12.6. The average molecular weight is 401 g/mol. The minimum absolute atomic E-state index is 0.0484. The first-order valence-corrected chi connectivity index (χ1v) is 12.6. The van der Waals surface area contributed by atoms with E-state index in [0.29, 0.717) is 17.8 Å². The van der Waals surface area contributed by atoms with Crippen molar-refractivity contribution in [1.29, 1.82) is 0 Å². The van der Waals surface area contributed by atoms with E-state index >= 15 is 0 Å². The van der Waals surface area contributed by atoms with Crippen molar-refractivity contribution in [3.05, 3.63) is 11.6 Å². The largest absolute Gasteiger partial charge is 0.385 e. The van der Waals surface area contributed by atoms with E-state index in [1.165, 1.54) is 56.9 Å². The Morgan fingerprint density at radius 3 is 2.55 bits per heavy atom. The van der Waals surface area contributed by atoms with Crippen LogP contribution in [0.15, 0.2) is 11.6 Å². The highest BCUT2D eigenvalue weighted by molar-refractivity contribution is 5.95. The number of allylic oxidation sites excluding steroid dienone is 1. The van der Waals surface area contributed by atoms with Crippen molar-refractivity contribution < 1.29 is 9.90 Å². The molecule has 0 saturated heterocycles. The van der Waals surface area contributed by atoms with Gasteiger partial charge in [0, 0.05) is 0 Å². The van der Waals surface area contributed by atoms with Crippen molar-refractivity contribution in [2.45, 2.75) is 105 Å². The summed E-state index contributed by atoms with van der Waals surface area (Å²) >= 11 is 0. The first-order chi connectivity index (χ1) is 13.7. The minimum atomic E-state index is -0.770. The Morgan fingerprint density at radius 1 is 1.07 bits per heavy atom. The summed E-state index contributed by atoms with van der Waals surface area (Å²) in [5.41, 5.74) is 1.92. The summed E-state index contributed by atoms with van der Waals surface area (Å²) in [6.45, 7) is 12.2. The third-order valence-corrected chi connectivity index (χ3v) is 10.2. The van der Waals surface area contributed by atoms with Crippen LogP contribution in [0.5, 0.6) is 0 Å². The van der Waals surface area contributed by atoms with Crippen LogP contribution in [0.25, 0.3) is 0 Å². The molecule has 29 heavy (non-hydrogen) atoms. The Bertz CT molecular complexity index is 663. The van der Waals surface area contributed by atoms with Crippen LogP contribution in [-0.4, -0.2) is 17.0 Å². The Balaban J connectivity index is 1.51. The number of aliphatic hydroxyl groups is 1. The smallest absolute Gasteiger partial charge is 0.184 e. The molecule has 4 aliphatic rings. The van der Waals surface area contributed by atoms with Crippen LogP contribution in [-0.2, 0) is 4.79 Å². The van der Waals surface area contributed by atoms with Gasteiger partial charge >= 0.3 is 0 Å². The zero-order valence-electron chi connectivity index (χ0n) is 19.5. The van der Waals surface area contributed by atoms with Gasteiger partial charge in [0.1, 0.15) is 6.10 Å². The second-order valence-corrected chi connectivity index (χ2v) is 12.2. The predicted molar refractivity (Wildman–Crippen MR) is 119 cm³/mol. The Morgan fingerprint density at radius 2 is 1.83 bits per heavy atom. The number of aliphatic hydroxyl groups excluding tert-OH is 1. The molecular formula is C27H44O2. The molecule has 0 radical (unpaired) electrons. The van der Waals surface area contributed by atoms with Gasteiger partial charge in [0.15, 0.2) is 5.78 Å². The van der Waals surface area contributed by atoms with E-state index in [1.54, 1.807) is 0 Å². The maximum atomic E-state index is 12.1. The lowest BCUT2D eigenvalue weighted by molar-refractivity contribution is -0.128. The molecule has 2 nitrogen and oxygen atoms in total. The van der Waals surface area contributed by atoms with Gasteiger partial charge in [-0.25, -0.2) is 0 Å². The molecule has 4 rings (SSSR count). The molecule has 3 fully saturated rings. The molecule has 1 N–H and O–H groups in total. The summed E-state index contributed by atoms with van der Waals surface area (Å²) in [6, 6.07) is 0. The van der Waals surface area contributed by atoms with Gasteiger partial charge in [0.25, 0.3) is 0 Å². The summed E-state index contributed by atoms with van der Waals surface area (Å²) in [7, 11) is 0. The molecule has 2 heteroatoms. The molecule has 0 aromatic rings. The quantitative estimate of drug-likeness (QED) is 0.567. The molecule has 0 aromatic carbocycles. The molecule has 0 bridgehead atoms. The van der Waals surface area contributed by atoms with E-state index in [-0.39, 0.29) is 11.2 Å². The predicted octanol–water partition coefficient (Wildman–Crippen LogP) is 6.57. The van der Waals surface area contributed by atoms with Gasteiger partial charge in [-0.3, -0.25) is 4.79 Å². The third-order valence-electron chi connectivity index (χ3n) is 10.2. The van der Waals surface area contributed by atoms with Crippen LogP contribution < -0.4 is 0 Å². The van der Waals surface area contributed by atoms with Gasteiger partial charge in [-0.1, -0.05) is 59.5 Å². The van der Waals surface area contributed by atoms with E-state index in [4.69, 9.17) is 0 Å². The van der Waals surface area contributed by atoms with Crippen LogP contribution in [0.2, 0.25) is 0 Å². The first kappa shape index (κ1) is 21.6. The fourth-order valence-electron chi connectivity index (χ4n) is 8.64. The molecule has 8 atom stereocenters. The number of hydrogen-bond acceptors (Lipinski definition) is 2. The maximum Gasteiger partial charge on any atom is 0.184 e. The van der Waals surface area contributed by atoms with Gasteiger partial charge in [0.05, 0.1) is 0 Å². The highest BCUT2D eigenvalue weighted by Crippen LogP contribution is 2.67. The fourth-order valence-corrected chi connectivity index (χ4v) is 8.64. The van der Waals surface area contributed by atoms with Crippen LogP contribution in [0.3, 0.4) is 0 Å². The zero-order chi connectivity index (χ0) is 21.0. The molecule has 0 unspecified atom stereocenters. The molecule has 4 aliphatic carbocycles. The van der Waals surface area contributed by atoms with Crippen LogP contribution in [0.4, 0.5) is 0 Å². The van der Waals surface area contributed by atoms with Crippen molar-refractivity contribution in [2.75, 3.05) is 0 Å². The summed E-state index contributed by atoms with van der Waals surface area (Å²) in [5, 5.41) is 10.4. The second kappa shape index (κ2) is 7.81. The van der Waals surface area contributed by atoms with Crippen molar-refractivity contribution in [3.63, 3.8) is 0 Å². The molecule has 0 amide bonds. The van der Waals surface area contributed by atoms with Crippen LogP contribution in [0, 0.1) is 46.3 Å². The fraction of sp³-hybridized carbons (Fsp3) is 0.889. The van der Waals surface area contributed by atoms with E-state index < -0.39 is 6.10 Å². The van der Waals surface area contributed by atoms with Gasteiger partial charge in [-0.2, -0.15) is 0 Å². The molecule has 0 aromatic heterocycles. The van der Waals surface area contributed by atoms with Crippen molar-refractivity contribution >= 4 is 5.78 Å². The monoisotopic (exact) mass is 400 g/mol. The summed E-state index contributed by atoms with van der Waals surface area (Å²) < 4.78 is 0. The van der Waals surface area contributed by atoms with E-state index in [9.17, 15) is 9.90 Å². The Hall–Kier alpha value is -0.630. The lowest BCUT2D eigenvalue weighted by Crippen LogP contribution is -2.52. The molecule has 0 heterocycles. The minimum Gasteiger partial charge on any atom is -0.385 e. The number of carbonyl (C=O) groups excluding carboxylic acids is 1. The zero-order valence-corrected chi connectivity index (χ0v) is 19.5. The van der Waals surface area contributed by atoms with Gasteiger partial charge in [-0.05, 0) is 97.4 Å². The highest BCUT2D eigenvalue weighted by atomic mass is 16.3. The lowest BCUT2D eigenvalue weighted by Gasteiger charge is -2.58. The van der Waals surface area contributed by atoms with Gasteiger partial charge < -0.3 is 5.11 Å². The summed E-state index contributed by atoms with van der Waals surface area (Å²) in [4.78, 5) is 12.1. The second-order valence-electron chi connectivity index (χ2n) is 12.2. The average Bonchev–Trinajstić information content (AvgIpc) is 3.00. The number of rotatable bonds is 5. The number of carbonyl (C=O) groups is 1. The number of fused-ring (bicyclic) bond motifs is 5. The van der Waals surface area contributed by atoms with Crippen LogP contribution >= 0.6 is 0 Å². The van der Waals surface area contributed by atoms with Crippen molar-refractivity contribution in [2.24, 2.45) is 46.3 Å². The van der Waals surface area contributed by atoms with E-state index in [1.807, 2.05) is 6.08 Å². The van der Waals surface area contributed by atoms with Crippen molar-refractivity contribution in [1.82, 2.24) is 0 Å². The van der Waals surface area contributed by atoms with Gasteiger partial charge in [-0.15, -0.1) is 0 Å². The third kappa shape index (κ3) is 3.56. The van der Waals surface area contributed by atoms with E-state index in [0.717, 1.165) is 36.0 Å². The molecule has 0 spiro atoms. The summed E-state index contributed by atoms with van der Waals surface area (Å²) in [5.74, 6) is 4.84. The lowest BCUT2D eigenvalue weighted by atomic mass is 9.46. The SMILES string of the molecule is CC(C)CCC[C@@H](C)[C@H]1CC[C@H]2[C@@H]3CCC4=CC(=O)[C@H](O)C[C@]4(C)[C@H]3CC[C@]12C. The molecular weight excluding hydrogens is 356 g/mol. The standard InChI is InChI=1S/C27H44O2/c1-17(2)7-6-8-18(3)21-11-12-22-20-10-9-19-15-24(28)25(29)16-27(19,5)23(20)13-14-26(21,22)4/h15,17-18,20-23,25,29H,6-14,16H2,1-5H3/t18-,20+,21-,22+,23+,25-,26-,27+/m1/s1. The highest BCUT2D eigenvalue weighted by Gasteiger charge is 2.60.